The van der Waals surface area contributed by atoms with Gasteiger partial charge in [0.25, 0.3) is 0 Å². The quantitative estimate of drug-likeness (QED) is 0.817. The summed E-state index contributed by atoms with van der Waals surface area (Å²) in [6.07, 6.45) is 0.770. The summed E-state index contributed by atoms with van der Waals surface area (Å²) >= 11 is 0. The molecule has 0 unspecified atom stereocenters. The van der Waals surface area contributed by atoms with Gasteiger partial charge < -0.3 is 14.2 Å². The number of rotatable bonds is 5. The lowest BCUT2D eigenvalue weighted by molar-refractivity contribution is 0.297. The molecule has 0 saturated carbocycles. The van der Waals surface area contributed by atoms with Crippen molar-refractivity contribution >= 4 is 10.0 Å². The second-order valence-electron chi connectivity index (χ2n) is 5.77. The van der Waals surface area contributed by atoms with Crippen LogP contribution in [0.25, 0.3) is 0 Å². The topological polar surface area (TPSA) is 65.1 Å². The highest BCUT2D eigenvalue weighted by Gasteiger charge is 2.23. The first kappa shape index (κ1) is 17.6. The molecule has 7 heteroatoms. The molecule has 0 atom stereocenters. The molecule has 0 bridgehead atoms. The molecule has 0 saturated heterocycles. The average molecular weight is 363 g/mol. The lowest BCUT2D eigenvalue weighted by Gasteiger charge is -2.18. The van der Waals surface area contributed by atoms with Gasteiger partial charge in [0.15, 0.2) is 11.5 Å². The van der Waals surface area contributed by atoms with E-state index in [2.05, 4.69) is 0 Å². The largest absolute Gasteiger partial charge is 0.497 e. The Morgan fingerprint density at radius 3 is 2.60 bits per heavy atom. The van der Waals surface area contributed by atoms with E-state index in [0.717, 1.165) is 12.0 Å². The minimum atomic E-state index is -3.65. The summed E-state index contributed by atoms with van der Waals surface area (Å²) in [5, 5.41) is 0. The lowest BCUT2D eigenvalue weighted by Crippen LogP contribution is -2.26. The Bertz CT molecular complexity index is 850. The Morgan fingerprint density at radius 2 is 1.84 bits per heavy atom. The van der Waals surface area contributed by atoms with Crippen molar-refractivity contribution in [2.45, 2.75) is 17.9 Å². The van der Waals surface area contributed by atoms with Gasteiger partial charge in [-0.2, -0.15) is 4.31 Å². The van der Waals surface area contributed by atoms with Gasteiger partial charge in [-0.15, -0.1) is 0 Å². The van der Waals surface area contributed by atoms with Gasteiger partial charge in [-0.05, 0) is 29.8 Å². The molecule has 1 aliphatic heterocycles. The molecule has 6 nitrogen and oxygen atoms in total. The van der Waals surface area contributed by atoms with Crippen LogP contribution in [0, 0.1) is 0 Å². The summed E-state index contributed by atoms with van der Waals surface area (Å²) in [6, 6.07) is 12.1. The fourth-order valence-corrected chi connectivity index (χ4v) is 3.77. The Kier molecular flexibility index (Phi) is 5.15. The van der Waals surface area contributed by atoms with Crippen LogP contribution in [0.15, 0.2) is 47.4 Å². The number of methoxy groups -OCH3 is 1. The Morgan fingerprint density at radius 1 is 1.08 bits per heavy atom. The van der Waals surface area contributed by atoms with E-state index < -0.39 is 10.0 Å². The fraction of sp³-hybridized carbons (Fsp3) is 0.333. The third-order valence-electron chi connectivity index (χ3n) is 3.97. The molecule has 1 aliphatic rings. The van der Waals surface area contributed by atoms with Crippen LogP contribution in [0.5, 0.6) is 17.2 Å². The number of benzene rings is 2. The minimum absolute atomic E-state index is 0.183. The molecule has 1 heterocycles. The van der Waals surface area contributed by atoms with Gasteiger partial charge in [-0.1, -0.05) is 12.1 Å². The van der Waals surface area contributed by atoms with Crippen LogP contribution in [0.3, 0.4) is 0 Å². The zero-order valence-corrected chi connectivity index (χ0v) is 15.1. The van der Waals surface area contributed by atoms with Crippen molar-refractivity contribution in [1.29, 1.82) is 0 Å². The molecule has 0 radical (unpaired) electrons. The number of hydrogen-bond acceptors (Lipinski definition) is 5. The lowest BCUT2D eigenvalue weighted by atomic mass is 10.2. The van der Waals surface area contributed by atoms with Gasteiger partial charge in [0, 0.05) is 26.1 Å². The van der Waals surface area contributed by atoms with Gasteiger partial charge >= 0.3 is 0 Å². The summed E-state index contributed by atoms with van der Waals surface area (Å²) in [5.74, 6) is 1.74. The molecule has 0 amide bonds. The normalized spacial score (nSPS) is 14.2. The van der Waals surface area contributed by atoms with Crippen molar-refractivity contribution in [3.8, 4) is 17.2 Å². The predicted molar refractivity (Wildman–Crippen MR) is 93.7 cm³/mol. The summed E-state index contributed by atoms with van der Waals surface area (Å²) in [6.45, 7) is 1.32. The molecule has 3 rings (SSSR count). The second-order valence-corrected chi connectivity index (χ2v) is 7.82. The van der Waals surface area contributed by atoms with Crippen molar-refractivity contribution in [2.24, 2.45) is 0 Å². The maximum atomic E-state index is 12.9. The van der Waals surface area contributed by atoms with Crippen molar-refractivity contribution in [3.63, 3.8) is 0 Å². The summed E-state index contributed by atoms with van der Waals surface area (Å²) in [5.41, 5.74) is 0.847. The number of ether oxygens (including phenoxy) is 3. The summed E-state index contributed by atoms with van der Waals surface area (Å²) in [7, 11) is -0.511. The predicted octanol–water partition coefficient (Wildman–Crippen LogP) is 2.68. The van der Waals surface area contributed by atoms with Crippen LogP contribution in [0.1, 0.15) is 12.0 Å². The van der Waals surface area contributed by atoms with E-state index in [-0.39, 0.29) is 11.4 Å². The van der Waals surface area contributed by atoms with E-state index in [9.17, 15) is 8.42 Å². The number of nitrogens with zero attached hydrogens (tertiary/aromatic N) is 1. The Hall–Kier alpha value is -2.25. The van der Waals surface area contributed by atoms with Crippen molar-refractivity contribution in [2.75, 3.05) is 27.4 Å². The van der Waals surface area contributed by atoms with E-state index in [1.807, 2.05) is 24.3 Å². The van der Waals surface area contributed by atoms with Crippen LogP contribution < -0.4 is 14.2 Å². The van der Waals surface area contributed by atoms with E-state index in [1.54, 1.807) is 26.3 Å². The first-order valence-electron chi connectivity index (χ1n) is 7.99. The fourth-order valence-electron chi connectivity index (χ4n) is 2.60. The SMILES string of the molecule is COc1cccc(CN(C)S(=O)(=O)c2ccc3c(c2)OCCCO3)c1. The molecule has 2 aromatic carbocycles. The van der Waals surface area contributed by atoms with Gasteiger partial charge in [-0.25, -0.2) is 8.42 Å². The molecule has 0 fully saturated rings. The summed E-state index contributed by atoms with van der Waals surface area (Å²) in [4.78, 5) is 0.183. The monoisotopic (exact) mass is 363 g/mol. The molecule has 0 aromatic heterocycles. The third-order valence-corrected chi connectivity index (χ3v) is 5.77. The molecule has 0 aliphatic carbocycles. The minimum Gasteiger partial charge on any atom is -0.497 e. The molecule has 2 aromatic rings. The number of hydrogen-bond donors (Lipinski definition) is 0. The first-order chi connectivity index (χ1) is 12.0. The molecule has 0 N–H and O–H groups in total. The highest BCUT2D eigenvalue weighted by Crippen LogP contribution is 2.33. The van der Waals surface area contributed by atoms with Gasteiger partial charge in [0.05, 0.1) is 25.2 Å². The molecular formula is C18H21NO5S. The van der Waals surface area contributed by atoms with Gasteiger partial charge in [-0.3, -0.25) is 0 Å². The zero-order chi connectivity index (χ0) is 17.9. The van der Waals surface area contributed by atoms with E-state index in [0.29, 0.717) is 30.5 Å². The first-order valence-corrected chi connectivity index (χ1v) is 9.43. The van der Waals surface area contributed by atoms with Crippen molar-refractivity contribution in [1.82, 2.24) is 4.31 Å². The highest BCUT2D eigenvalue weighted by atomic mass is 32.2. The van der Waals surface area contributed by atoms with Crippen LogP contribution in [0.4, 0.5) is 0 Å². The zero-order valence-electron chi connectivity index (χ0n) is 14.3. The van der Waals surface area contributed by atoms with Crippen molar-refractivity contribution in [3.05, 3.63) is 48.0 Å². The third kappa shape index (κ3) is 3.88. The number of sulfonamides is 1. The van der Waals surface area contributed by atoms with Crippen LogP contribution in [0.2, 0.25) is 0 Å². The van der Waals surface area contributed by atoms with Gasteiger partial charge in [0.1, 0.15) is 5.75 Å². The van der Waals surface area contributed by atoms with Crippen LogP contribution in [-0.4, -0.2) is 40.1 Å². The maximum absolute atomic E-state index is 12.9. The Labute approximate surface area is 148 Å². The Balaban J connectivity index is 1.84. The van der Waals surface area contributed by atoms with Gasteiger partial charge in [0.2, 0.25) is 10.0 Å². The second kappa shape index (κ2) is 7.33. The number of fused-ring (bicyclic) bond motifs is 1. The molecule has 134 valence electrons. The van der Waals surface area contributed by atoms with Crippen molar-refractivity contribution < 1.29 is 22.6 Å². The molecular weight excluding hydrogens is 342 g/mol. The highest BCUT2D eigenvalue weighted by molar-refractivity contribution is 7.89. The average Bonchev–Trinajstić information content (AvgIpc) is 2.86. The molecule has 0 spiro atoms. The standard InChI is InChI=1S/C18H21NO5S/c1-19(13-14-5-3-6-15(11-14)22-2)25(20,21)16-7-8-17-18(12-16)24-10-4-9-23-17/h3,5-8,11-12H,4,9-10,13H2,1-2H3. The maximum Gasteiger partial charge on any atom is 0.243 e. The molecule has 25 heavy (non-hydrogen) atoms. The van der Waals surface area contributed by atoms with Crippen LogP contribution >= 0.6 is 0 Å². The van der Waals surface area contributed by atoms with Crippen LogP contribution in [-0.2, 0) is 16.6 Å². The van der Waals surface area contributed by atoms with E-state index in [1.165, 1.54) is 10.4 Å². The van der Waals surface area contributed by atoms with E-state index >= 15 is 0 Å². The van der Waals surface area contributed by atoms with E-state index in [4.69, 9.17) is 14.2 Å². The smallest absolute Gasteiger partial charge is 0.243 e. The summed E-state index contributed by atoms with van der Waals surface area (Å²) < 4.78 is 43.3.